The molecule has 0 aliphatic carbocycles. The first kappa shape index (κ1) is 25.4. The van der Waals surface area contributed by atoms with Crippen LogP contribution < -0.4 is 11.5 Å². The van der Waals surface area contributed by atoms with Crippen molar-refractivity contribution in [2.24, 2.45) is 17.4 Å². The lowest BCUT2D eigenvalue weighted by molar-refractivity contribution is -0.140. The molecule has 0 rings (SSSR count). The van der Waals surface area contributed by atoms with Gasteiger partial charge in [-0.3, -0.25) is 14.4 Å². The molecule has 1 unspecified atom stereocenters. The van der Waals surface area contributed by atoms with Gasteiger partial charge in [0.15, 0.2) is 0 Å². The zero-order valence-electron chi connectivity index (χ0n) is 15.4. The lowest BCUT2D eigenvalue weighted by Crippen LogP contribution is -2.34. The highest BCUT2D eigenvalue weighted by Gasteiger charge is 2.13. The summed E-state index contributed by atoms with van der Waals surface area (Å²) in [5.41, 5.74) is 9.57. The molecule has 0 saturated carbocycles. The summed E-state index contributed by atoms with van der Waals surface area (Å²) < 4.78 is 0. The van der Waals surface area contributed by atoms with Crippen LogP contribution in [0.2, 0.25) is 0 Å². The largest absolute Gasteiger partial charge is 0.481 e. The summed E-state index contributed by atoms with van der Waals surface area (Å²) in [7, 11) is 0. The summed E-state index contributed by atoms with van der Waals surface area (Å²) in [6.07, 6.45) is 12.4. The molecule has 0 bridgehead atoms. The van der Waals surface area contributed by atoms with Crippen molar-refractivity contribution < 1.29 is 24.6 Å². The standard InChI is InChI=1S/C14H26O2.C4H8N2O3/c1-13(2)11-9-7-5-3-4-6-8-10-12-14(15)16;5-2(4(8)9)1-3(6)7/h8,10,13H,3-7,9,11-12H2,1-2H3,(H,15,16);2H,1,5H2,(H2,6,7)(H,8,9)/b10-8+;. The third-order valence-electron chi connectivity index (χ3n) is 3.35. The molecule has 0 aliphatic heterocycles. The molecule has 0 fully saturated rings. The molecule has 0 aromatic heterocycles. The molecule has 1 amide bonds. The van der Waals surface area contributed by atoms with Crippen LogP contribution in [-0.4, -0.2) is 34.1 Å². The predicted molar refractivity (Wildman–Crippen MR) is 98.0 cm³/mol. The molecule has 0 aromatic rings. The van der Waals surface area contributed by atoms with Gasteiger partial charge < -0.3 is 21.7 Å². The van der Waals surface area contributed by atoms with Crippen molar-refractivity contribution in [3.63, 3.8) is 0 Å². The van der Waals surface area contributed by atoms with Crippen molar-refractivity contribution in [2.75, 3.05) is 0 Å². The number of primary amides is 1. The van der Waals surface area contributed by atoms with Gasteiger partial charge in [0.2, 0.25) is 5.91 Å². The van der Waals surface area contributed by atoms with Gasteiger partial charge in [0.05, 0.1) is 12.8 Å². The van der Waals surface area contributed by atoms with Crippen molar-refractivity contribution in [1.29, 1.82) is 0 Å². The Hall–Kier alpha value is -1.89. The molecule has 7 heteroatoms. The minimum absolute atomic E-state index is 0.161. The number of carboxylic acids is 2. The van der Waals surface area contributed by atoms with E-state index in [0.29, 0.717) is 0 Å². The number of unbranched alkanes of at least 4 members (excludes halogenated alkanes) is 5. The van der Waals surface area contributed by atoms with Crippen LogP contribution in [0.4, 0.5) is 0 Å². The number of hydrogen-bond acceptors (Lipinski definition) is 4. The normalized spacial score (nSPS) is 11.8. The summed E-state index contributed by atoms with van der Waals surface area (Å²) in [4.78, 5) is 30.1. The Balaban J connectivity index is 0. The maximum atomic E-state index is 10.2. The molecule has 6 N–H and O–H groups in total. The fourth-order valence-electron chi connectivity index (χ4n) is 1.95. The van der Waals surface area contributed by atoms with Crippen molar-refractivity contribution in [1.82, 2.24) is 0 Å². The Morgan fingerprint density at radius 2 is 1.52 bits per heavy atom. The fraction of sp³-hybridized carbons (Fsp3) is 0.722. The molecule has 0 spiro atoms. The molecule has 146 valence electrons. The Labute approximate surface area is 150 Å². The molecular weight excluding hydrogens is 324 g/mol. The number of carbonyl (C=O) groups excluding carboxylic acids is 1. The van der Waals surface area contributed by atoms with Gasteiger partial charge in [-0.05, 0) is 18.8 Å². The second-order valence-electron chi connectivity index (χ2n) is 6.42. The smallest absolute Gasteiger partial charge is 0.321 e. The number of amides is 1. The number of aliphatic carboxylic acids is 2. The maximum Gasteiger partial charge on any atom is 0.321 e. The van der Waals surface area contributed by atoms with Gasteiger partial charge in [-0.25, -0.2) is 0 Å². The van der Waals surface area contributed by atoms with Crippen LogP contribution in [0, 0.1) is 5.92 Å². The van der Waals surface area contributed by atoms with Crippen molar-refractivity contribution in [3.05, 3.63) is 12.2 Å². The van der Waals surface area contributed by atoms with Crippen LogP contribution >= 0.6 is 0 Å². The van der Waals surface area contributed by atoms with Crippen LogP contribution in [0.3, 0.4) is 0 Å². The van der Waals surface area contributed by atoms with Gasteiger partial charge in [0, 0.05) is 0 Å². The van der Waals surface area contributed by atoms with E-state index in [4.69, 9.17) is 15.9 Å². The Morgan fingerprint density at radius 3 is 1.96 bits per heavy atom. The first-order chi connectivity index (χ1) is 11.7. The monoisotopic (exact) mass is 358 g/mol. The zero-order valence-corrected chi connectivity index (χ0v) is 15.4. The number of rotatable bonds is 13. The number of carboxylic acid groups (broad SMARTS) is 2. The van der Waals surface area contributed by atoms with E-state index in [2.05, 4.69) is 19.6 Å². The molecule has 7 nitrogen and oxygen atoms in total. The van der Waals surface area contributed by atoms with Crippen LogP contribution in [0.15, 0.2) is 12.2 Å². The highest BCUT2D eigenvalue weighted by atomic mass is 16.4. The van der Waals surface area contributed by atoms with E-state index in [-0.39, 0.29) is 12.8 Å². The predicted octanol–water partition coefficient (Wildman–Crippen LogP) is 2.68. The van der Waals surface area contributed by atoms with Gasteiger partial charge in [-0.1, -0.05) is 58.1 Å². The molecule has 0 heterocycles. The van der Waals surface area contributed by atoms with Gasteiger partial charge in [-0.2, -0.15) is 0 Å². The number of allylic oxidation sites excluding steroid dienone is 1. The maximum absolute atomic E-state index is 10.2. The number of hydrogen-bond donors (Lipinski definition) is 4. The summed E-state index contributed by atoms with van der Waals surface area (Å²) >= 11 is 0. The average Bonchev–Trinajstić information content (AvgIpc) is 2.48. The highest BCUT2D eigenvalue weighted by molar-refractivity contribution is 5.83. The van der Waals surface area contributed by atoms with Crippen LogP contribution in [0.1, 0.15) is 71.6 Å². The van der Waals surface area contributed by atoms with E-state index in [1.165, 1.54) is 38.5 Å². The van der Waals surface area contributed by atoms with Gasteiger partial charge in [0.1, 0.15) is 6.04 Å². The second-order valence-corrected chi connectivity index (χ2v) is 6.42. The van der Waals surface area contributed by atoms with Crippen molar-refractivity contribution in [2.45, 2.75) is 77.7 Å². The van der Waals surface area contributed by atoms with Crippen LogP contribution in [-0.2, 0) is 14.4 Å². The lowest BCUT2D eigenvalue weighted by atomic mass is 10.0. The van der Waals surface area contributed by atoms with Crippen LogP contribution in [0.5, 0.6) is 0 Å². The summed E-state index contributed by atoms with van der Waals surface area (Å²) in [6.45, 7) is 4.54. The third-order valence-corrected chi connectivity index (χ3v) is 3.35. The zero-order chi connectivity index (χ0) is 19.7. The van der Waals surface area contributed by atoms with Crippen molar-refractivity contribution in [3.8, 4) is 0 Å². The topological polar surface area (TPSA) is 144 Å². The summed E-state index contributed by atoms with van der Waals surface area (Å²) in [5, 5.41) is 16.5. The van der Waals surface area contributed by atoms with E-state index in [9.17, 15) is 14.4 Å². The minimum Gasteiger partial charge on any atom is -0.481 e. The molecular formula is C18H34N2O5. The Kier molecular flexibility index (Phi) is 17.2. The van der Waals surface area contributed by atoms with Gasteiger partial charge in [-0.15, -0.1) is 0 Å². The van der Waals surface area contributed by atoms with E-state index >= 15 is 0 Å². The number of nitrogens with two attached hydrogens (primary N) is 2. The van der Waals surface area contributed by atoms with Crippen LogP contribution in [0.25, 0.3) is 0 Å². The van der Waals surface area contributed by atoms with E-state index in [1.54, 1.807) is 6.08 Å². The fourth-order valence-corrected chi connectivity index (χ4v) is 1.95. The second kappa shape index (κ2) is 17.0. The summed E-state index contributed by atoms with van der Waals surface area (Å²) in [5.74, 6) is -1.83. The molecule has 0 aliphatic rings. The summed E-state index contributed by atoms with van der Waals surface area (Å²) in [6, 6.07) is -1.16. The Bertz CT molecular complexity index is 408. The average molecular weight is 358 g/mol. The van der Waals surface area contributed by atoms with E-state index < -0.39 is 23.9 Å². The third kappa shape index (κ3) is 24.5. The van der Waals surface area contributed by atoms with Crippen molar-refractivity contribution >= 4 is 17.8 Å². The molecule has 0 saturated heterocycles. The molecule has 0 aromatic carbocycles. The first-order valence-corrected chi connectivity index (χ1v) is 8.80. The van der Waals surface area contributed by atoms with E-state index in [0.717, 1.165) is 12.3 Å². The highest BCUT2D eigenvalue weighted by Crippen LogP contribution is 2.11. The Morgan fingerprint density at radius 1 is 0.960 bits per heavy atom. The lowest BCUT2D eigenvalue weighted by Gasteiger charge is -2.03. The quantitative estimate of drug-likeness (QED) is 0.294. The van der Waals surface area contributed by atoms with Gasteiger partial charge in [0.25, 0.3) is 0 Å². The molecule has 25 heavy (non-hydrogen) atoms. The molecule has 1 atom stereocenters. The first-order valence-electron chi connectivity index (χ1n) is 8.80. The number of carbonyl (C=O) groups is 3. The van der Waals surface area contributed by atoms with E-state index in [1.807, 2.05) is 6.08 Å². The SMILES string of the molecule is CC(C)CCCCCCC/C=C/CC(=O)O.NC(=O)CC(N)C(=O)O. The van der Waals surface area contributed by atoms with Gasteiger partial charge >= 0.3 is 11.9 Å². The molecule has 0 radical (unpaired) electrons. The minimum atomic E-state index is -1.21.